The quantitative estimate of drug-likeness (QED) is 0.817. The van der Waals surface area contributed by atoms with Gasteiger partial charge in [0.2, 0.25) is 11.8 Å². The predicted molar refractivity (Wildman–Crippen MR) is 86.5 cm³/mol. The molecule has 6 nitrogen and oxygen atoms in total. The van der Waals surface area contributed by atoms with E-state index in [0.29, 0.717) is 17.6 Å². The number of hydrogen-bond acceptors (Lipinski definition) is 5. The second-order valence-corrected chi connectivity index (χ2v) is 5.79. The molecule has 1 fully saturated rings. The number of carboxylic acids is 1. The first kappa shape index (κ1) is 15.3. The van der Waals surface area contributed by atoms with Crippen molar-refractivity contribution in [2.24, 2.45) is 5.92 Å². The number of anilines is 1. The van der Waals surface area contributed by atoms with Gasteiger partial charge >= 0.3 is 5.97 Å². The molecule has 1 aromatic heterocycles. The van der Waals surface area contributed by atoms with E-state index in [2.05, 4.69) is 15.3 Å². The van der Waals surface area contributed by atoms with Crippen molar-refractivity contribution < 1.29 is 14.6 Å². The molecular weight excluding hydrogens is 294 g/mol. The van der Waals surface area contributed by atoms with Gasteiger partial charge in [0.15, 0.2) is 6.61 Å². The first-order chi connectivity index (χ1) is 11.1. The fourth-order valence-corrected chi connectivity index (χ4v) is 2.14. The number of rotatable bonds is 7. The molecule has 1 aliphatic rings. The highest BCUT2D eigenvalue weighted by molar-refractivity contribution is 5.68. The topological polar surface area (TPSA) is 84.3 Å². The van der Waals surface area contributed by atoms with E-state index in [0.717, 1.165) is 17.7 Å². The van der Waals surface area contributed by atoms with E-state index in [1.807, 2.05) is 31.2 Å². The Kier molecular flexibility index (Phi) is 4.41. The molecule has 23 heavy (non-hydrogen) atoms. The summed E-state index contributed by atoms with van der Waals surface area (Å²) in [6.45, 7) is 2.43. The molecule has 120 valence electrons. The summed E-state index contributed by atoms with van der Waals surface area (Å²) in [7, 11) is 0. The highest BCUT2D eigenvalue weighted by atomic mass is 16.5. The molecule has 0 amide bonds. The minimum Gasteiger partial charge on any atom is -0.479 e. The molecule has 0 bridgehead atoms. The number of ether oxygens (including phenoxy) is 1. The van der Waals surface area contributed by atoms with E-state index < -0.39 is 12.6 Å². The lowest BCUT2D eigenvalue weighted by molar-refractivity contribution is -0.139. The number of carbonyl (C=O) groups is 1. The second-order valence-electron chi connectivity index (χ2n) is 5.79. The number of benzene rings is 1. The van der Waals surface area contributed by atoms with E-state index in [-0.39, 0.29) is 5.88 Å². The van der Waals surface area contributed by atoms with Crippen LogP contribution in [0, 0.1) is 12.8 Å². The third kappa shape index (κ3) is 4.42. The molecule has 2 N–H and O–H groups in total. The van der Waals surface area contributed by atoms with Gasteiger partial charge in [-0.2, -0.15) is 4.98 Å². The van der Waals surface area contributed by atoms with Crippen molar-refractivity contribution in [3.05, 3.63) is 35.9 Å². The van der Waals surface area contributed by atoms with Crippen LogP contribution in [-0.2, 0) is 4.79 Å². The van der Waals surface area contributed by atoms with Crippen LogP contribution < -0.4 is 10.1 Å². The summed E-state index contributed by atoms with van der Waals surface area (Å²) in [5.41, 5.74) is 2.81. The number of aromatic nitrogens is 2. The highest BCUT2D eigenvalue weighted by Crippen LogP contribution is 2.29. The SMILES string of the molecule is Cc1ccc(-c2cc(OCC(=O)O)nc(NCC3CC3)n2)cc1. The van der Waals surface area contributed by atoms with Gasteiger partial charge in [0.25, 0.3) is 0 Å². The minimum absolute atomic E-state index is 0.260. The van der Waals surface area contributed by atoms with Crippen molar-refractivity contribution in [3.8, 4) is 17.1 Å². The normalized spacial score (nSPS) is 13.6. The van der Waals surface area contributed by atoms with Gasteiger partial charge in [-0.05, 0) is 25.7 Å². The molecule has 2 aromatic rings. The van der Waals surface area contributed by atoms with Crippen LogP contribution in [0.2, 0.25) is 0 Å². The summed E-state index contributed by atoms with van der Waals surface area (Å²) in [5, 5.41) is 12.0. The molecule has 1 aromatic carbocycles. The summed E-state index contributed by atoms with van der Waals surface area (Å²) in [4.78, 5) is 19.4. The van der Waals surface area contributed by atoms with Crippen LogP contribution in [0.3, 0.4) is 0 Å². The average molecular weight is 313 g/mol. The molecule has 1 heterocycles. The van der Waals surface area contributed by atoms with Crippen molar-refractivity contribution in [1.29, 1.82) is 0 Å². The Hall–Kier alpha value is -2.63. The number of hydrogen-bond donors (Lipinski definition) is 2. The third-order valence-corrected chi connectivity index (χ3v) is 3.64. The maximum atomic E-state index is 10.7. The largest absolute Gasteiger partial charge is 0.479 e. The van der Waals surface area contributed by atoms with Crippen LogP contribution in [0.5, 0.6) is 5.88 Å². The number of nitrogens with one attached hydrogen (secondary N) is 1. The monoisotopic (exact) mass is 313 g/mol. The van der Waals surface area contributed by atoms with Crippen molar-refractivity contribution in [3.63, 3.8) is 0 Å². The smallest absolute Gasteiger partial charge is 0.341 e. The molecule has 6 heteroatoms. The zero-order valence-corrected chi connectivity index (χ0v) is 13.0. The molecule has 1 saturated carbocycles. The van der Waals surface area contributed by atoms with Crippen LogP contribution in [0.15, 0.2) is 30.3 Å². The molecule has 3 rings (SSSR count). The van der Waals surface area contributed by atoms with Gasteiger partial charge in [-0.1, -0.05) is 29.8 Å². The summed E-state index contributed by atoms with van der Waals surface area (Å²) in [6.07, 6.45) is 2.46. The first-order valence-corrected chi connectivity index (χ1v) is 7.65. The van der Waals surface area contributed by atoms with Crippen molar-refractivity contribution in [1.82, 2.24) is 9.97 Å². The second kappa shape index (κ2) is 6.64. The Bertz CT molecular complexity index is 697. The fraction of sp³-hybridized carbons (Fsp3) is 0.353. The van der Waals surface area contributed by atoms with Gasteiger partial charge in [-0.25, -0.2) is 9.78 Å². The van der Waals surface area contributed by atoms with Gasteiger partial charge in [-0.15, -0.1) is 0 Å². The van der Waals surface area contributed by atoms with Crippen molar-refractivity contribution in [2.45, 2.75) is 19.8 Å². The lowest BCUT2D eigenvalue weighted by Gasteiger charge is -2.10. The Morgan fingerprint density at radius 3 is 2.70 bits per heavy atom. The number of aryl methyl sites for hydroxylation is 1. The Labute approximate surface area is 134 Å². The number of carboxylic acid groups (broad SMARTS) is 1. The van der Waals surface area contributed by atoms with Gasteiger partial charge in [0.05, 0.1) is 5.69 Å². The van der Waals surface area contributed by atoms with Gasteiger partial charge < -0.3 is 15.2 Å². The van der Waals surface area contributed by atoms with Gasteiger partial charge in [-0.3, -0.25) is 0 Å². The third-order valence-electron chi connectivity index (χ3n) is 3.64. The van der Waals surface area contributed by atoms with Crippen LogP contribution in [0.25, 0.3) is 11.3 Å². The molecule has 0 saturated heterocycles. The highest BCUT2D eigenvalue weighted by Gasteiger charge is 2.21. The average Bonchev–Trinajstić information content (AvgIpc) is 3.36. The fourth-order valence-electron chi connectivity index (χ4n) is 2.14. The number of aliphatic carboxylic acids is 1. The lowest BCUT2D eigenvalue weighted by Crippen LogP contribution is -2.12. The van der Waals surface area contributed by atoms with Gasteiger partial charge in [0.1, 0.15) is 0 Å². The minimum atomic E-state index is -1.03. The van der Waals surface area contributed by atoms with E-state index in [1.165, 1.54) is 12.8 Å². The van der Waals surface area contributed by atoms with Gasteiger partial charge in [0, 0.05) is 18.2 Å². The standard InChI is InChI=1S/C17H19N3O3/c1-11-2-6-13(7-3-11)14-8-15(23-10-16(21)22)20-17(19-14)18-9-12-4-5-12/h2-3,6-8,12H,4-5,9-10H2,1H3,(H,21,22)(H,18,19,20). The lowest BCUT2D eigenvalue weighted by atomic mass is 10.1. The van der Waals surface area contributed by atoms with Crippen LogP contribution >= 0.6 is 0 Å². The van der Waals surface area contributed by atoms with Crippen molar-refractivity contribution in [2.75, 3.05) is 18.5 Å². The zero-order chi connectivity index (χ0) is 16.2. The van der Waals surface area contributed by atoms with E-state index >= 15 is 0 Å². The molecule has 1 aliphatic carbocycles. The molecule has 0 aliphatic heterocycles. The van der Waals surface area contributed by atoms with Crippen LogP contribution in [-0.4, -0.2) is 34.2 Å². The predicted octanol–water partition coefficient (Wildman–Crippen LogP) is 2.74. The Morgan fingerprint density at radius 1 is 1.30 bits per heavy atom. The van der Waals surface area contributed by atoms with E-state index in [9.17, 15) is 4.79 Å². The van der Waals surface area contributed by atoms with Crippen LogP contribution in [0.4, 0.5) is 5.95 Å². The molecule has 0 unspecified atom stereocenters. The molecule has 0 atom stereocenters. The summed E-state index contributed by atoms with van der Waals surface area (Å²) < 4.78 is 5.23. The molecular formula is C17H19N3O3. The first-order valence-electron chi connectivity index (χ1n) is 7.65. The summed E-state index contributed by atoms with van der Waals surface area (Å²) >= 11 is 0. The zero-order valence-electron chi connectivity index (χ0n) is 13.0. The van der Waals surface area contributed by atoms with E-state index in [1.54, 1.807) is 6.07 Å². The number of nitrogens with zero attached hydrogens (tertiary/aromatic N) is 2. The molecule has 0 spiro atoms. The Balaban J connectivity index is 1.85. The van der Waals surface area contributed by atoms with Crippen LogP contribution in [0.1, 0.15) is 18.4 Å². The molecule has 0 radical (unpaired) electrons. The summed E-state index contributed by atoms with van der Waals surface area (Å²) in [5.74, 6) is 0.379. The van der Waals surface area contributed by atoms with E-state index in [4.69, 9.17) is 9.84 Å². The summed E-state index contributed by atoms with van der Waals surface area (Å²) in [6, 6.07) is 9.63. The van der Waals surface area contributed by atoms with Crippen molar-refractivity contribution >= 4 is 11.9 Å². The maximum Gasteiger partial charge on any atom is 0.341 e. The maximum absolute atomic E-state index is 10.7. The Morgan fingerprint density at radius 2 is 2.04 bits per heavy atom.